The average Bonchev–Trinajstić information content (AvgIpc) is 3.10. The minimum atomic E-state index is 0.851. The number of benzene rings is 2. The van der Waals surface area contributed by atoms with E-state index in [0.717, 1.165) is 35.5 Å². The number of nitrogens with one attached hydrogen (secondary N) is 1. The van der Waals surface area contributed by atoms with Crippen molar-refractivity contribution in [2.75, 3.05) is 23.3 Å². The maximum Gasteiger partial charge on any atom is 0.141 e. The van der Waals surface area contributed by atoms with Crippen LogP contribution in [0, 0.1) is 0 Å². The fourth-order valence-electron chi connectivity index (χ4n) is 3.00. The Hall–Kier alpha value is -2.62. The second-order valence-electron chi connectivity index (χ2n) is 5.61. The number of anilines is 3. The van der Waals surface area contributed by atoms with Gasteiger partial charge in [0.05, 0.1) is 5.52 Å². The van der Waals surface area contributed by atoms with Gasteiger partial charge in [0.25, 0.3) is 0 Å². The molecule has 110 valence electrons. The molecule has 1 saturated heterocycles. The summed E-state index contributed by atoms with van der Waals surface area (Å²) in [6.45, 7) is 2.31. The molecular formula is C18H18N4. The van der Waals surface area contributed by atoms with E-state index in [1.165, 1.54) is 18.5 Å². The van der Waals surface area contributed by atoms with E-state index in [9.17, 15) is 0 Å². The third-order valence-corrected chi connectivity index (χ3v) is 4.12. The van der Waals surface area contributed by atoms with Gasteiger partial charge in [0.1, 0.15) is 12.1 Å². The highest BCUT2D eigenvalue weighted by Crippen LogP contribution is 2.27. The van der Waals surface area contributed by atoms with Crippen molar-refractivity contribution in [1.29, 1.82) is 0 Å². The molecule has 0 amide bonds. The Morgan fingerprint density at radius 1 is 0.909 bits per heavy atom. The van der Waals surface area contributed by atoms with E-state index in [2.05, 4.69) is 44.5 Å². The predicted molar refractivity (Wildman–Crippen MR) is 90.7 cm³/mol. The van der Waals surface area contributed by atoms with Crippen LogP contribution in [-0.4, -0.2) is 23.1 Å². The van der Waals surface area contributed by atoms with E-state index in [0.29, 0.717) is 0 Å². The molecule has 4 heteroatoms. The smallest absolute Gasteiger partial charge is 0.141 e. The number of aromatic nitrogens is 2. The van der Waals surface area contributed by atoms with E-state index in [-0.39, 0.29) is 0 Å². The standard InChI is InChI=1S/C18H18N4/c1-2-9-17-16(8-1)18(20-13-19-17)21-14-6-5-7-15(12-14)22-10-3-4-11-22/h1-2,5-9,12-13H,3-4,10-11H2,(H,19,20,21). The average molecular weight is 290 g/mol. The Bertz CT molecular complexity index is 788. The van der Waals surface area contributed by atoms with Crippen LogP contribution in [0.25, 0.3) is 10.9 Å². The molecule has 1 N–H and O–H groups in total. The quantitative estimate of drug-likeness (QED) is 0.792. The van der Waals surface area contributed by atoms with E-state index in [1.807, 2.05) is 24.3 Å². The second-order valence-corrected chi connectivity index (χ2v) is 5.61. The Morgan fingerprint density at radius 2 is 1.77 bits per heavy atom. The van der Waals surface area contributed by atoms with Crippen LogP contribution in [0.2, 0.25) is 0 Å². The second kappa shape index (κ2) is 5.64. The summed E-state index contributed by atoms with van der Waals surface area (Å²) in [5.41, 5.74) is 3.30. The molecule has 0 bridgehead atoms. The van der Waals surface area contributed by atoms with Crippen LogP contribution in [0.5, 0.6) is 0 Å². The minimum Gasteiger partial charge on any atom is -0.371 e. The summed E-state index contributed by atoms with van der Waals surface area (Å²) < 4.78 is 0. The van der Waals surface area contributed by atoms with Gasteiger partial charge < -0.3 is 10.2 Å². The first-order chi connectivity index (χ1) is 10.9. The van der Waals surface area contributed by atoms with Gasteiger partial charge in [0, 0.05) is 29.9 Å². The molecule has 0 atom stereocenters. The van der Waals surface area contributed by atoms with E-state index in [4.69, 9.17) is 0 Å². The molecule has 22 heavy (non-hydrogen) atoms. The lowest BCUT2D eigenvalue weighted by atomic mass is 10.2. The van der Waals surface area contributed by atoms with E-state index >= 15 is 0 Å². The predicted octanol–water partition coefficient (Wildman–Crippen LogP) is 3.97. The largest absolute Gasteiger partial charge is 0.371 e. The fraction of sp³-hybridized carbons (Fsp3) is 0.222. The van der Waals surface area contributed by atoms with Crippen molar-refractivity contribution in [3.8, 4) is 0 Å². The number of para-hydroxylation sites is 1. The summed E-state index contributed by atoms with van der Waals surface area (Å²) in [5.74, 6) is 0.851. The van der Waals surface area contributed by atoms with Gasteiger partial charge in [-0.3, -0.25) is 0 Å². The molecule has 0 spiro atoms. The molecule has 3 aromatic rings. The molecule has 4 rings (SSSR count). The number of fused-ring (bicyclic) bond motifs is 1. The van der Waals surface area contributed by atoms with Crippen molar-refractivity contribution in [3.05, 3.63) is 54.9 Å². The maximum absolute atomic E-state index is 4.39. The summed E-state index contributed by atoms with van der Waals surface area (Å²) in [7, 11) is 0. The Balaban J connectivity index is 1.66. The monoisotopic (exact) mass is 290 g/mol. The molecule has 0 saturated carbocycles. The first-order valence-corrected chi connectivity index (χ1v) is 7.72. The van der Waals surface area contributed by atoms with E-state index in [1.54, 1.807) is 6.33 Å². The molecule has 1 fully saturated rings. The Labute approximate surface area is 129 Å². The van der Waals surface area contributed by atoms with Crippen LogP contribution in [0.3, 0.4) is 0 Å². The molecule has 2 heterocycles. The van der Waals surface area contributed by atoms with Crippen LogP contribution >= 0.6 is 0 Å². The lowest BCUT2D eigenvalue weighted by Crippen LogP contribution is -2.17. The molecule has 1 aliphatic rings. The maximum atomic E-state index is 4.39. The normalized spacial score (nSPS) is 14.5. The van der Waals surface area contributed by atoms with Gasteiger partial charge >= 0.3 is 0 Å². The molecule has 1 aromatic heterocycles. The summed E-state index contributed by atoms with van der Waals surface area (Å²) in [4.78, 5) is 11.1. The fourth-order valence-corrected chi connectivity index (χ4v) is 3.00. The lowest BCUT2D eigenvalue weighted by Gasteiger charge is -2.18. The van der Waals surface area contributed by atoms with Gasteiger partial charge in [-0.1, -0.05) is 18.2 Å². The number of hydrogen-bond acceptors (Lipinski definition) is 4. The van der Waals surface area contributed by atoms with Crippen LogP contribution in [0.4, 0.5) is 17.2 Å². The topological polar surface area (TPSA) is 41.1 Å². The zero-order valence-electron chi connectivity index (χ0n) is 12.4. The van der Waals surface area contributed by atoms with Crippen molar-refractivity contribution in [2.24, 2.45) is 0 Å². The molecule has 0 aliphatic carbocycles. The van der Waals surface area contributed by atoms with Crippen molar-refractivity contribution in [2.45, 2.75) is 12.8 Å². The lowest BCUT2D eigenvalue weighted by molar-refractivity contribution is 0.949. The van der Waals surface area contributed by atoms with Crippen molar-refractivity contribution in [3.63, 3.8) is 0 Å². The Morgan fingerprint density at radius 3 is 2.68 bits per heavy atom. The number of rotatable bonds is 3. The Kier molecular flexibility index (Phi) is 3.35. The zero-order chi connectivity index (χ0) is 14.8. The van der Waals surface area contributed by atoms with Crippen LogP contribution < -0.4 is 10.2 Å². The zero-order valence-corrected chi connectivity index (χ0v) is 12.4. The highest BCUT2D eigenvalue weighted by Gasteiger charge is 2.12. The molecule has 2 aromatic carbocycles. The minimum absolute atomic E-state index is 0.851. The molecule has 4 nitrogen and oxygen atoms in total. The highest BCUT2D eigenvalue weighted by molar-refractivity contribution is 5.90. The van der Waals surface area contributed by atoms with Gasteiger partial charge in [-0.25, -0.2) is 9.97 Å². The van der Waals surface area contributed by atoms with Crippen LogP contribution in [0.1, 0.15) is 12.8 Å². The van der Waals surface area contributed by atoms with Gasteiger partial charge in [0.15, 0.2) is 0 Å². The van der Waals surface area contributed by atoms with E-state index < -0.39 is 0 Å². The summed E-state index contributed by atoms with van der Waals surface area (Å²) in [5, 5.41) is 4.47. The van der Waals surface area contributed by atoms with Gasteiger partial charge in [-0.05, 0) is 43.2 Å². The molecule has 0 unspecified atom stereocenters. The summed E-state index contributed by atoms with van der Waals surface area (Å²) in [6, 6.07) is 16.6. The SMILES string of the molecule is c1cc(Nc2ncnc3ccccc23)cc(N2CCCC2)c1. The summed E-state index contributed by atoms with van der Waals surface area (Å²) in [6.07, 6.45) is 4.18. The van der Waals surface area contributed by atoms with Gasteiger partial charge in [-0.15, -0.1) is 0 Å². The van der Waals surface area contributed by atoms with Crippen LogP contribution in [-0.2, 0) is 0 Å². The molecule has 0 radical (unpaired) electrons. The molecule has 1 aliphatic heterocycles. The van der Waals surface area contributed by atoms with Crippen molar-refractivity contribution >= 4 is 28.1 Å². The van der Waals surface area contributed by atoms with Gasteiger partial charge in [-0.2, -0.15) is 0 Å². The number of nitrogens with zero attached hydrogens (tertiary/aromatic N) is 3. The van der Waals surface area contributed by atoms with Crippen molar-refractivity contribution < 1.29 is 0 Å². The van der Waals surface area contributed by atoms with Crippen LogP contribution in [0.15, 0.2) is 54.9 Å². The third kappa shape index (κ3) is 2.48. The summed E-state index contributed by atoms with van der Waals surface area (Å²) >= 11 is 0. The first-order valence-electron chi connectivity index (χ1n) is 7.72. The van der Waals surface area contributed by atoms with Gasteiger partial charge in [0.2, 0.25) is 0 Å². The number of hydrogen-bond donors (Lipinski definition) is 1. The molecular weight excluding hydrogens is 272 g/mol. The third-order valence-electron chi connectivity index (χ3n) is 4.12. The van der Waals surface area contributed by atoms with Crippen molar-refractivity contribution in [1.82, 2.24) is 9.97 Å². The highest BCUT2D eigenvalue weighted by atomic mass is 15.1. The first kappa shape index (κ1) is 13.1.